The molecule has 0 saturated carbocycles. The predicted molar refractivity (Wildman–Crippen MR) is 129 cm³/mol. The molecule has 1 aliphatic carbocycles. The summed E-state index contributed by atoms with van der Waals surface area (Å²) in [5.74, 6) is 0.969. The lowest BCUT2D eigenvalue weighted by Gasteiger charge is -2.36. The number of piperazine rings is 1. The predicted octanol–water partition coefficient (Wildman–Crippen LogP) is 4.65. The Morgan fingerprint density at radius 2 is 1.76 bits per heavy atom. The maximum absolute atomic E-state index is 13.9. The molecule has 1 saturated heterocycles. The number of amides is 2. The Balaban J connectivity index is 1.53. The van der Waals surface area contributed by atoms with Crippen molar-refractivity contribution in [3.05, 3.63) is 65.2 Å². The number of carbonyl (C=O) groups excluding carboxylic acids is 2. The fourth-order valence-electron chi connectivity index (χ4n) is 4.92. The van der Waals surface area contributed by atoms with Gasteiger partial charge in [0.1, 0.15) is 5.76 Å². The lowest BCUT2D eigenvalue weighted by molar-refractivity contribution is -0.135. The van der Waals surface area contributed by atoms with Gasteiger partial charge in [0, 0.05) is 37.5 Å². The average Bonchev–Trinajstić information content (AvgIpc) is 3.35. The zero-order valence-corrected chi connectivity index (χ0v) is 19.2. The number of pyridine rings is 1. The molecule has 1 aliphatic heterocycles. The average molecular weight is 444 g/mol. The van der Waals surface area contributed by atoms with Crippen molar-refractivity contribution in [2.45, 2.75) is 33.1 Å². The van der Waals surface area contributed by atoms with Crippen molar-refractivity contribution in [3.63, 3.8) is 0 Å². The highest BCUT2D eigenvalue weighted by molar-refractivity contribution is 6.09. The summed E-state index contributed by atoms with van der Waals surface area (Å²) in [6, 6.07) is 11.7. The van der Waals surface area contributed by atoms with E-state index in [2.05, 4.69) is 0 Å². The van der Waals surface area contributed by atoms with E-state index in [1.165, 1.54) is 0 Å². The zero-order valence-electron chi connectivity index (χ0n) is 19.2. The molecule has 2 aromatic heterocycles. The van der Waals surface area contributed by atoms with Gasteiger partial charge in [-0.3, -0.25) is 9.59 Å². The number of hydrogen-bond donors (Lipinski definition) is 0. The molecular formula is C27H29N3O3. The number of hydrogen-bond acceptors (Lipinski definition) is 4. The number of carbonyl (C=O) groups is 2. The van der Waals surface area contributed by atoms with Crippen LogP contribution in [-0.2, 0) is 11.2 Å². The Bertz CT molecular complexity index is 1220. The van der Waals surface area contributed by atoms with E-state index >= 15 is 0 Å². The van der Waals surface area contributed by atoms with Gasteiger partial charge in [0.15, 0.2) is 0 Å². The molecule has 33 heavy (non-hydrogen) atoms. The van der Waals surface area contributed by atoms with Crippen molar-refractivity contribution in [2.75, 3.05) is 26.2 Å². The first-order chi connectivity index (χ1) is 16.0. The molecule has 3 aromatic rings. The number of para-hydroxylation sites is 1. The van der Waals surface area contributed by atoms with Gasteiger partial charge in [-0.15, -0.1) is 0 Å². The van der Waals surface area contributed by atoms with Crippen molar-refractivity contribution in [1.29, 1.82) is 0 Å². The Labute approximate surface area is 193 Å². The fraction of sp³-hybridized carbons (Fsp3) is 0.370. The minimum atomic E-state index is -0.0252. The van der Waals surface area contributed by atoms with Crippen LogP contribution in [0.1, 0.15) is 54.1 Å². The minimum Gasteiger partial charge on any atom is -0.465 e. The zero-order chi connectivity index (χ0) is 22.9. The second-order valence-corrected chi connectivity index (χ2v) is 9.14. The topological polar surface area (TPSA) is 66.7 Å². The summed E-state index contributed by atoms with van der Waals surface area (Å²) >= 11 is 0. The maximum Gasteiger partial charge on any atom is 0.255 e. The van der Waals surface area contributed by atoms with E-state index in [0.717, 1.165) is 58.3 Å². The van der Waals surface area contributed by atoms with E-state index in [-0.39, 0.29) is 17.7 Å². The van der Waals surface area contributed by atoms with Gasteiger partial charge < -0.3 is 14.2 Å². The van der Waals surface area contributed by atoms with Crippen LogP contribution in [0.15, 0.2) is 47.1 Å². The van der Waals surface area contributed by atoms with Crippen molar-refractivity contribution >= 4 is 34.4 Å². The molecule has 3 heterocycles. The van der Waals surface area contributed by atoms with Crippen LogP contribution < -0.4 is 0 Å². The molecule has 2 aliphatic rings. The standard InChI is InChI=1S/C27H29N3O3/c1-18(2)26(31)29-12-14-30(15-13-29)27(32)24-21-9-3-4-11-23(21)28-25-19(7-5-10-22(24)25)17-20-8-6-16-33-20/h3-4,6,8-9,11,16-18H,5,7,10,12-15H2,1-2H3/b19-17-. The molecule has 1 aromatic carbocycles. The summed E-state index contributed by atoms with van der Waals surface area (Å²) < 4.78 is 5.55. The Morgan fingerprint density at radius 3 is 2.48 bits per heavy atom. The minimum absolute atomic E-state index is 0.0252. The Kier molecular flexibility index (Phi) is 5.75. The highest BCUT2D eigenvalue weighted by Gasteiger charge is 2.31. The van der Waals surface area contributed by atoms with Crippen molar-refractivity contribution < 1.29 is 14.0 Å². The van der Waals surface area contributed by atoms with Crippen LogP contribution >= 0.6 is 0 Å². The molecule has 1 fully saturated rings. The quantitative estimate of drug-likeness (QED) is 0.591. The normalized spacial score (nSPS) is 17.6. The number of aromatic nitrogens is 1. The molecule has 0 N–H and O–H groups in total. The van der Waals surface area contributed by atoms with E-state index in [4.69, 9.17) is 9.40 Å². The molecular weight excluding hydrogens is 414 g/mol. The summed E-state index contributed by atoms with van der Waals surface area (Å²) in [4.78, 5) is 35.0. The molecule has 170 valence electrons. The number of rotatable bonds is 3. The lowest BCUT2D eigenvalue weighted by atomic mass is 9.85. The van der Waals surface area contributed by atoms with E-state index in [1.807, 2.05) is 66.1 Å². The van der Waals surface area contributed by atoms with E-state index in [1.54, 1.807) is 6.26 Å². The van der Waals surface area contributed by atoms with Gasteiger partial charge in [-0.25, -0.2) is 4.98 Å². The molecule has 0 radical (unpaired) electrons. The van der Waals surface area contributed by atoms with Gasteiger partial charge >= 0.3 is 0 Å². The molecule has 6 heteroatoms. The Hall–Kier alpha value is -3.41. The van der Waals surface area contributed by atoms with Gasteiger partial charge in [0.05, 0.1) is 23.0 Å². The summed E-state index contributed by atoms with van der Waals surface area (Å²) in [5, 5.41) is 0.904. The molecule has 5 rings (SSSR count). The maximum atomic E-state index is 13.9. The van der Waals surface area contributed by atoms with E-state index in [0.29, 0.717) is 26.2 Å². The van der Waals surface area contributed by atoms with Gasteiger partial charge in [0.25, 0.3) is 5.91 Å². The first-order valence-electron chi connectivity index (χ1n) is 11.8. The SMILES string of the molecule is CC(C)C(=O)N1CCN(C(=O)c2c3c(nc4ccccc24)/C(=C\c2ccco2)CCC3)CC1. The largest absolute Gasteiger partial charge is 0.465 e. The van der Waals surface area contributed by atoms with E-state index < -0.39 is 0 Å². The van der Waals surface area contributed by atoms with Gasteiger partial charge in [-0.1, -0.05) is 32.0 Å². The van der Waals surface area contributed by atoms with Crippen LogP contribution in [-0.4, -0.2) is 52.8 Å². The number of allylic oxidation sites excluding steroid dienone is 1. The van der Waals surface area contributed by atoms with Gasteiger partial charge in [0.2, 0.25) is 5.91 Å². The smallest absolute Gasteiger partial charge is 0.255 e. The van der Waals surface area contributed by atoms with Crippen molar-refractivity contribution in [3.8, 4) is 0 Å². The van der Waals surface area contributed by atoms with Crippen LogP contribution in [0.3, 0.4) is 0 Å². The highest BCUT2D eigenvalue weighted by atomic mass is 16.3. The number of fused-ring (bicyclic) bond motifs is 2. The van der Waals surface area contributed by atoms with Crippen LogP contribution in [0.2, 0.25) is 0 Å². The van der Waals surface area contributed by atoms with Crippen LogP contribution in [0.5, 0.6) is 0 Å². The summed E-state index contributed by atoms with van der Waals surface area (Å²) in [5.41, 5.74) is 4.65. The first-order valence-corrected chi connectivity index (χ1v) is 11.8. The number of furan rings is 1. The molecule has 0 atom stereocenters. The van der Waals surface area contributed by atoms with Gasteiger partial charge in [-0.05, 0) is 54.7 Å². The molecule has 0 spiro atoms. The third-order valence-corrected chi connectivity index (χ3v) is 6.62. The third-order valence-electron chi connectivity index (χ3n) is 6.62. The summed E-state index contributed by atoms with van der Waals surface area (Å²) in [6.45, 7) is 6.11. The lowest BCUT2D eigenvalue weighted by Crippen LogP contribution is -2.51. The third kappa shape index (κ3) is 4.06. The number of nitrogens with zero attached hydrogens (tertiary/aromatic N) is 3. The summed E-state index contributed by atoms with van der Waals surface area (Å²) in [6.07, 6.45) is 6.42. The van der Waals surface area contributed by atoms with Crippen LogP contribution in [0.25, 0.3) is 22.6 Å². The molecule has 0 bridgehead atoms. The van der Waals surface area contributed by atoms with Crippen LogP contribution in [0, 0.1) is 5.92 Å². The second-order valence-electron chi connectivity index (χ2n) is 9.14. The monoisotopic (exact) mass is 443 g/mol. The van der Waals surface area contributed by atoms with Crippen molar-refractivity contribution in [1.82, 2.24) is 14.8 Å². The molecule has 0 unspecified atom stereocenters. The number of benzene rings is 1. The highest BCUT2D eigenvalue weighted by Crippen LogP contribution is 2.36. The van der Waals surface area contributed by atoms with Crippen molar-refractivity contribution in [2.24, 2.45) is 5.92 Å². The first kappa shape index (κ1) is 21.4. The van der Waals surface area contributed by atoms with Crippen LogP contribution in [0.4, 0.5) is 0 Å². The summed E-state index contributed by atoms with van der Waals surface area (Å²) in [7, 11) is 0. The fourth-order valence-corrected chi connectivity index (χ4v) is 4.92. The second kappa shape index (κ2) is 8.85. The molecule has 6 nitrogen and oxygen atoms in total. The Morgan fingerprint density at radius 1 is 1.00 bits per heavy atom. The molecule has 2 amide bonds. The van der Waals surface area contributed by atoms with E-state index in [9.17, 15) is 9.59 Å². The van der Waals surface area contributed by atoms with Gasteiger partial charge in [-0.2, -0.15) is 0 Å².